The van der Waals surface area contributed by atoms with Gasteiger partial charge in [-0.2, -0.15) is 0 Å². The second kappa shape index (κ2) is 11.4. The van der Waals surface area contributed by atoms with Crippen LogP contribution in [0.5, 0.6) is 0 Å². The van der Waals surface area contributed by atoms with Gasteiger partial charge >= 0.3 is 5.97 Å². The van der Waals surface area contributed by atoms with Gasteiger partial charge in [0.15, 0.2) is 0 Å². The van der Waals surface area contributed by atoms with Crippen LogP contribution in [0.3, 0.4) is 0 Å². The number of rotatable bonds is 10. The molecule has 0 aliphatic carbocycles. The average molecular weight is 451 g/mol. The highest BCUT2D eigenvalue weighted by Crippen LogP contribution is 2.26. The van der Waals surface area contributed by atoms with E-state index in [1.165, 1.54) is 12.0 Å². The molecule has 0 spiro atoms. The van der Waals surface area contributed by atoms with E-state index in [4.69, 9.17) is 4.74 Å². The number of aliphatic hydroxyl groups excluding tert-OH is 2. The summed E-state index contributed by atoms with van der Waals surface area (Å²) in [5.74, 6) is -0.934. The second-order valence-corrected chi connectivity index (χ2v) is 9.03. The molecule has 1 aliphatic rings. The lowest BCUT2D eigenvalue weighted by atomic mass is 9.85. The maximum absolute atomic E-state index is 12.5. The standard InChI is InChI=1S/C23H34N2O7/c1-23(2,12-20(28)31-4)11-18(26)24-13-17-22(30)21(29)16(32-17)10-19(27)25(3)14-15-8-6-5-7-9-15/h5-9,16-17,21-22,29-30H,10-14H2,1-4H3,(H,24,26)/t16-,17-,21+,22+/m0/s1. The first-order valence-corrected chi connectivity index (χ1v) is 10.7. The van der Waals surface area contributed by atoms with Crippen molar-refractivity contribution in [3.8, 4) is 0 Å². The Morgan fingerprint density at radius 1 is 1.09 bits per heavy atom. The molecule has 178 valence electrons. The van der Waals surface area contributed by atoms with Gasteiger partial charge in [0.2, 0.25) is 11.8 Å². The molecular weight excluding hydrogens is 416 g/mol. The van der Waals surface area contributed by atoms with Crippen LogP contribution in [0.1, 0.15) is 38.7 Å². The Balaban J connectivity index is 1.82. The Morgan fingerprint density at radius 2 is 1.72 bits per heavy atom. The van der Waals surface area contributed by atoms with Crippen molar-refractivity contribution in [1.82, 2.24) is 10.2 Å². The molecular formula is C23H34N2O7. The van der Waals surface area contributed by atoms with Crippen LogP contribution in [0.2, 0.25) is 0 Å². The maximum Gasteiger partial charge on any atom is 0.306 e. The minimum atomic E-state index is -1.23. The zero-order chi connectivity index (χ0) is 23.9. The van der Waals surface area contributed by atoms with Crippen LogP contribution >= 0.6 is 0 Å². The normalized spacial score (nSPS) is 22.9. The first-order valence-electron chi connectivity index (χ1n) is 10.7. The van der Waals surface area contributed by atoms with Crippen LogP contribution in [0.4, 0.5) is 0 Å². The van der Waals surface area contributed by atoms with Gasteiger partial charge in [0.1, 0.15) is 18.3 Å². The van der Waals surface area contributed by atoms with Gasteiger partial charge in [-0.25, -0.2) is 0 Å². The third kappa shape index (κ3) is 7.58. The molecule has 0 aromatic heterocycles. The number of carbonyl (C=O) groups is 3. The summed E-state index contributed by atoms with van der Waals surface area (Å²) >= 11 is 0. The molecule has 2 rings (SSSR count). The Bertz CT molecular complexity index is 784. The van der Waals surface area contributed by atoms with Crippen molar-refractivity contribution in [2.75, 3.05) is 20.7 Å². The van der Waals surface area contributed by atoms with E-state index < -0.39 is 35.8 Å². The van der Waals surface area contributed by atoms with Crippen LogP contribution in [0.25, 0.3) is 0 Å². The first-order chi connectivity index (χ1) is 15.0. The third-order valence-electron chi connectivity index (χ3n) is 5.52. The lowest BCUT2D eigenvalue weighted by Crippen LogP contribution is -2.41. The predicted octanol–water partition coefficient (Wildman–Crippen LogP) is 0.620. The fourth-order valence-corrected chi connectivity index (χ4v) is 3.67. The highest BCUT2D eigenvalue weighted by molar-refractivity contribution is 5.78. The molecule has 0 unspecified atom stereocenters. The largest absolute Gasteiger partial charge is 0.469 e. The Labute approximate surface area is 188 Å². The Morgan fingerprint density at radius 3 is 2.34 bits per heavy atom. The van der Waals surface area contributed by atoms with Crippen molar-refractivity contribution in [1.29, 1.82) is 0 Å². The summed E-state index contributed by atoms with van der Waals surface area (Å²) in [5.41, 5.74) is 0.386. The maximum atomic E-state index is 12.5. The average Bonchev–Trinajstić information content (AvgIpc) is 2.99. The molecule has 1 fully saturated rings. The summed E-state index contributed by atoms with van der Waals surface area (Å²) in [6, 6.07) is 9.51. The third-order valence-corrected chi connectivity index (χ3v) is 5.52. The minimum Gasteiger partial charge on any atom is -0.469 e. The second-order valence-electron chi connectivity index (χ2n) is 9.03. The number of amides is 2. The minimum absolute atomic E-state index is 0.0179. The zero-order valence-electron chi connectivity index (χ0n) is 19.1. The van der Waals surface area contributed by atoms with Crippen molar-refractivity contribution >= 4 is 17.8 Å². The van der Waals surface area contributed by atoms with Crippen molar-refractivity contribution < 1.29 is 34.1 Å². The van der Waals surface area contributed by atoms with E-state index in [2.05, 4.69) is 10.1 Å². The Hall–Kier alpha value is -2.49. The molecule has 0 radical (unpaired) electrons. The first kappa shape index (κ1) is 25.8. The van der Waals surface area contributed by atoms with Gasteiger partial charge in [-0.05, 0) is 11.0 Å². The number of methoxy groups -OCH3 is 1. The van der Waals surface area contributed by atoms with Crippen molar-refractivity contribution in [2.45, 2.75) is 64.1 Å². The zero-order valence-corrected chi connectivity index (χ0v) is 19.1. The SMILES string of the molecule is COC(=O)CC(C)(C)CC(=O)NC[C@@H]1O[C@@H](CC(=O)N(C)Cc2ccccc2)[C@@H](O)[C@@H]1O. The molecule has 32 heavy (non-hydrogen) atoms. The lowest BCUT2D eigenvalue weighted by Gasteiger charge is -2.23. The van der Waals surface area contributed by atoms with Gasteiger partial charge in [-0.1, -0.05) is 44.2 Å². The van der Waals surface area contributed by atoms with Crippen molar-refractivity contribution in [3.05, 3.63) is 35.9 Å². The van der Waals surface area contributed by atoms with Crippen LogP contribution in [-0.4, -0.2) is 78.0 Å². The molecule has 1 aromatic carbocycles. The van der Waals surface area contributed by atoms with Gasteiger partial charge in [0.05, 0.1) is 26.1 Å². The molecule has 1 saturated heterocycles. The number of hydrogen-bond donors (Lipinski definition) is 3. The monoisotopic (exact) mass is 450 g/mol. The summed E-state index contributed by atoms with van der Waals surface area (Å²) in [5, 5.41) is 23.3. The highest BCUT2D eigenvalue weighted by atomic mass is 16.5. The van der Waals surface area contributed by atoms with Gasteiger partial charge < -0.3 is 29.9 Å². The van der Waals surface area contributed by atoms with Gasteiger partial charge in [0, 0.05) is 26.6 Å². The summed E-state index contributed by atoms with van der Waals surface area (Å²) in [4.78, 5) is 37.8. The van der Waals surface area contributed by atoms with Crippen LogP contribution in [0.15, 0.2) is 30.3 Å². The van der Waals surface area contributed by atoms with Crippen molar-refractivity contribution in [3.63, 3.8) is 0 Å². The number of aliphatic hydroxyl groups is 2. The summed E-state index contributed by atoms with van der Waals surface area (Å²) < 4.78 is 10.3. The molecule has 4 atom stereocenters. The van der Waals surface area contributed by atoms with Crippen molar-refractivity contribution in [2.24, 2.45) is 5.41 Å². The molecule has 1 aliphatic heterocycles. The number of hydrogen-bond acceptors (Lipinski definition) is 7. The number of nitrogens with zero attached hydrogens (tertiary/aromatic N) is 1. The molecule has 0 saturated carbocycles. The van der Waals surface area contributed by atoms with E-state index in [-0.39, 0.29) is 37.6 Å². The number of benzene rings is 1. The summed E-state index contributed by atoms with van der Waals surface area (Å²) in [6.45, 7) is 3.96. The van der Waals surface area contributed by atoms with E-state index in [0.29, 0.717) is 6.54 Å². The van der Waals surface area contributed by atoms with E-state index in [1.54, 1.807) is 20.9 Å². The smallest absolute Gasteiger partial charge is 0.306 e. The quantitative estimate of drug-likeness (QED) is 0.446. The van der Waals surface area contributed by atoms with E-state index in [9.17, 15) is 24.6 Å². The van der Waals surface area contributed by atoms with Gasteiger partial charge in [0.25, 0.3) is 0 Å². The molecule has 1 aromatic rings. The van der Waals surface area contributed by atoms with Crippen LogP contribution < -0.4 is 5.32 Å². The molecule has 1 heterocycles. The van der Waals surface area contributed by atoms with Gasteiger partial charge in [-0.3, -0.25) is 14.4 Å². The fraction of sp³-hybridized carbons (Fsp3) is 0.609. The number of esters is 1. The molecule has 9 nitrogen and oxygen atoms in total. The van der Waals surface area contributed by atoms with E-state index >= 15 is 0 Å². The van der Waals surface area contributed by atoms with Crippen LogP contribution in [0, 0.1) is 5.41 Å². The summed E-state index contributed by atoms with van der Waals surface area (Å²) in [7, 11) is 2.96. The topological polar surface area (TPSA) is 125 Å². The van der Waals surface area contributed by atoms with E-state index in [0.717, 1.165) is 5.56 Å². The Kier molecular flexibility index (Phi) is 9.18. The summed E-state index contributed by atoms with van der Waals surface area (Å²) in [6.07, 6.45) is -4.07. The fourth-order valence-electron chi connectivity index (χ4n) is 3.67. The molecule has 2 amide bonds. The number of ether oxygens (including phenoxy) is 2. The highest BCUT2D eigenvalue weighted by Gasteiger charge is 2.43. The van der Waals surface area contributed by atoms with Gasteiger partial charge in [-0.15, -0.1) is 0 Å². The lowest BCUT2D eigenvalue weighted by molar-refractivity contribution is -0.143. The van der Waals surface area contributed by atoms with E-state index in [1.807, 2.05) is 30.3 Å². The predicted molar refractivity (Wildman–Crippen MR) is 116 cm³/mol. The van der Waals surface area contributed by atoms with Crippen LogP contribution in [-0.2, 0) is 30.4 Å². The molecule has 3 N–H and O–H groups in total. The number of nitrogens with one attached hydrogen (secondary N) is 1. The molecule has 0 bridgehead atoms. The number of carbonyl (C=O) groups excluding carboxylic acids is 3. The molecule has 9 heteroatoms.